The van der Waals surface area contributed by atoms with E-state index in [9.17, 15) is 13.7 Å². The Hall–Kier alpha value is -0.560. The minimum atomic E-state index is -2.95. The molecule has 0 aliphatic carbocycles. The van der Waals surface area contributed by atoms with E-state index in [-0.39, 0.29) is 11.5 Å². The fraction of sp³-hybridized carbons (Fsp3) is 0.933. The third kappa shape index (κ3) is 5.95. The molecule has 0 bridgehead atoms. The Morgan fingerprint density at radius 1 is 1.05 bits per heavy atom. The molecule has 0 radical (unpaired) electrons. The van der Waals surface area contributed by atoms with Gasteiger partial charge in [-0.3, -0.25) is 0 Å². The molecule has 19 heavy (non-hydrogen) atoms. The highest BCUT2D eigenvalue weighted by molar-refractivity contribution is 7.91. The first kappa shape index (κ1) is 16.5. The lowest BCUT2D eigenvalue weighted by molar-refractivity contribution is 0.390. The molecule has 0 saturated carbocycles. The van der Waals surface area contributed by atoms with Gasteiger partial charge in [0.15, 0.2) is 9.84 Å². The Balaban J connectivity index is 2.13. The van der Waals surface area contributed by atoms with E-state index >= 15 is 0 Å². The maximum atomic E-state index is 11.5. The highest BCUT2D eigenvalue weighted by atomic mass is 32.2. The van der Waals surface area contributed by atoms with Crippen LogP contribution in [0.1, 0.15) is 71.1 Å². The summed E-state index contributed by atoms with van der Waals surface area (Å²) in [5, 5.41) is 9.23. The van der Waals surface area contributed by atoms with E-state index in [4.69, 9.17) is 0 Å². The van der Waals surface area contributed by atoms with Crippen LogP contribution in [0.25, 0.3) is 0 Å². The van der Waals surface area contributed by atoms with Crippen LogP contribution in [-0.2, 0) is 9.84 Å². The summed E-state index contributed by atoms with van der Waals surface area (Å²) in [5.41, 5.74) is -0.568. The van der Waals surface area contributed by atoms with Crippen molar-refractivity contribution in [3.63, 3.8) is 0 Å². The Bertz CT molecular complexity index is 397. The van der Waals surface area contributed by atoms with Gasteiger partial charge in [-0.05, 0) is 12.8 Å². The first-order chi connectivity index (χ1) is 9.04. The van der Waals surface area contributed by atoms with Crippen LogP contribution in [0.5, 0.6) is 0 Å². The number of rotatable bonds is 9. The minimum Gasteiger partial charge on any atom is -0.229 e. The van der Waals surface area contributed by atoms with Gasteiger partial charge in [0.25, 0.3) is 0 Å². The Kier molecular flexibility index (Phi) is 6.85. The Morgan fingerprint density at radius 3 is 2.11 bits per heavy atom. The summed E-state index contributed by atoms with van der Waals surface area (Å²) < 4.78 is 23.0. The van der Waals surface area contributed by atoms with E-state index in [0.717, 1.165) is 19.3 Å². The van der Waals surface area contributed by atoms with Crippen molar-refractivity contribution in [2.45, 2.75) is 71.1 Å². The molecular formula is C15H27NO2S. The Labute approximate surface area is 118 Å². The molecular weight excluding hydrogens is 258 g/mol. The molecule has 0 amide bonds. The predicted molar refractivity (Wildman–Crippen MR) is 78.5 cm³/mol. The van der Waals surface area contributed by atoms with Gasteiger partial charge >= 0.3 is 0 Å². The van der Waals surface area contributed by atoms with Crippen LogP contribution in [0, 0.1) is 16.7 Å². The summed E-state index contributed by atoms with van der Waals surface area (Å²) in [6.45, 7) is 2.22. The molecule has 0 aromatic carbocycles. The molecule has 1 heterocycles. The zero-order valence-electron chi connectivity index (χ0n) is 12.2. The van der Waals surface area contributed by atoms with Crippen LogP contribution in [0.4, 0.5) is 0 Å². The maximum absolute atomic E-state index is 11.5. The van der Waals surface area contributed by atoms with E-state index in [1.54, 1.807) is 0 Å². The number of nitrogens with zero attached hydrogens (tertiary/aromatic N) is 1. The summed E-state index contributed by atoms with van der Waals surface area (Å²) in [5.74, 6) is 0.296. The van der Waals surface area contributed by atoms with E-state index in [0.29, 0.717) is 6.42 Å². The molecule has 0 aromatic heterocycles. The molecule has 1 atom stereocenters. The summed E-state index contributed by atoms with van der Waals surface area (Å²) >= 11 is 0. The zero-order valence-corrected chi connectivity index (χ0v) is 13.0. The molecule has 1 unspecified atom stereocenters. The fourth-order valence-electron chi connectivity index (χ4n) is 2.85. The quantitative estimate of drug-likeness (QED) is 0.605. The number of hydrogen-bond donors (Lipinski definition) is 0. The lowest BCUT2D eigenvalue weighted by Gasteiger charge is -2.17. The second-order valence-electron chi connectivity index (χ2n) is 5.96. The molecule has 0 spiro atoms. The third-order valence-electron chi connectivity index (χ3n) is 4.13. The zero-order chi connectivity index (χ0) is 14.2. The molecule has 1 aliphatic heterocycles. The van der Waals surface area contributed by atoms with Crippen LogP contribution in [0.15, 0.2) is 0 Å². The Morgan fingerprint density at radius 2 is 1.63 bits per heavy atom. The first-order valence-electron chi connectivity index (χ1n) is 7.65. The molecule has 0 N–H and O–H groups in total. The second-order valence-corrected chi connectivity index (χ2v) is 8.14. The van der Waals surface area contributed by atoms with Gasteiger partial charge in [-0.25, -0.2) is 8.42 Å². The van der Waals surface area contributed by atoms with Crippen molar-refractivity contribution in [1.29, 1.82) is 5.26 Å². The number of sulfone groups is 1. The number of nitriles is 1. The lowest BCUT2D eigenvalue weighted by Crippen LogP contribution is -2.20. The SMILES string of the molecule is CCCCCCCCCCC1(C#N)CCS(=O)(=O)C1. The largest absolute Gasteiger partial charge is 0.229 e. The minimum absolute atomic E-state index is 0.0903. The third-order valence-corrected chi connectivity index (χ3v) is 5.95. The van der Waals surface area contributed by atoms with Crippen molar-refractivity contribution < 1.29 is 8.42 Å². The number of hydrogen-bond acceptors (Lipinski definition) is 3. The highest BCUT2D eigenvalue weighted by Crippen LogP contribution is 2.36. The monoisotopic (exact) mass is 285 g/mol. The standard InChI is InChI=1S/C15H27NO2S/c1-2-3-4-5-6-7-8-9-10-15(13-16)11-12-19(17,18)14-15/h2-12,14H2,1H3. The lowest BCUT2D eigenvalue weighted by atomic mass is 9.83. The average molecular weight is 285 g/mol. The second kappa shape index (κ2) is 7.89. The van der Waals surface area contributed by atoms with Crippen molar-refractivity contribution in [3.8, 4) is 6.07 Å². The smallest absolute Gasteiger partial charge is 0.151 e. The maximum Gasteiger partial charge on any atom is 0.151 e. The van der Waals surface area contributed by atoms with Crippen LogP contribution >= 0.6 is 0 Å². The van der Waals surface area contributed by atoms with E-state index in [2.05, 4.69) is 13.0 Å². The summed E-state index contributed by atoms with van der Waals surface area (Å²) in [6.07, 6.45) is 11.2. The fourth-order valence-corrected chi connectivity index (χ4v) is 4.90. The van der Waals surface area contributed by atoms with E-state index < -0.39 is 15.3 Å². The van der Waals surface area contributed by atoms with Crippen molar-refractivity contribution in [2.75, 3.05) is 11.5 Å². The van der Waals surface area contributed by atoms with Crippen LogP contribution < -0.4 is 0 Å². The van der Waals surface area contributed by atoms with Gasteiger partial charge in [0.05, 0.1) is 23.0 Å². The van der Waals surface area contributed by atoms with Crippen molar-refractivity contribution >= 4 is 9.84 Å². The highest BCUT2D eigenvalue weighted by Gasteiger charge is 2.41. The predicted octanol–water partition coefficient (Wildman–Crippen LogP) is 3.85. The van der Waals surface area contributed by atoms with Crippen LogP contribution in [0.2, 0.25) is 0 Å². The van der Waals surface area contributed by atoms with Gasteiger partial charge in [-0.1, -0.05) is 58.3 Å². The van der Waals surface area contributed by atoms with Crippen molar-refractivity contribution in [2.24, 2.45) is 5.41 Å². The van der Waals surface area contributed by atoms with Gasteiger partial charge in [-0.2, -0.15) is 5.26 Å². The van der Waals surface area contributed by atoms with E-state index in [1.807, 2.05) is 0 Å². The van der Waals surface area contributed by atoms with Gasteiger partial charge in [0.1, 0.15) is 0 Å². The van der Waals surface area contributed by atoms with Crippen molar-refractivity contribution in [3.05, 3.63) is 0 Å². The van der Waals surface area contributed by atoms with Gasteiger partial charge in [-0.15, -0.1) is 0 Å². The molecule has 1 aliphatic rings. The molecule has 1 saturated heterocycles. The normalized spacial score (nSPS) is 25.3. The molecule has 0 aromatic rings. The topological polar surface area (TPSA) is 57.9 Å². The van der Waals surface area contributed by atoms with Crippen LogP contribution in [-0.4, -0.2) is 19.9 Å². The van der Waals surface area contributed by atoms with E-state index in [1.165, 1.54) is 38.5 Å². The molecule has 110 valence electrons. The average Bonchev–Trinajstić information content (AvgIpc) is 2.69. The number of unbranched alkanes of at least 4 members (excludes halogenated alkanes) is 7. The molecule has 4 heteroatoms. The molecule has 3 nitrogen and oxygen atoms in total. The summed E-state index contributed by atoms with van der Waals surface area (Å²) in [4.78, 5) is 0. The first-order valence-corrected chi connectivity index (χ1v) is 9.47. The van der Waals surface area contributed by atoms with Gasteiger partial charge < -0.3 is 0 Å². The molecule has 1 fully saturated rings. The van der Waals surface area contributed by atoms with Crippen molar-refractivity contribution in [1.82, 2.24) is 0 Å². The summed E-state index contributed by atoms with van der Waals surface area (Å²) in [7, 11) is -2.95. The molecule has 1 rings (SSSR count). The summed E-state index contributed by atoms with van der Waals surface area (Å²) in [6, 6.07) is 2.27. The van der Waals surface area contributed by atoms with Gasteiger partial charge in [0.2, 0.25) is 0 Å². The van der Waals surface area contributed by atoms with Gasteiger partial charge in [0, 0.05) is 0 Å². The van der Waals surface area contributed by atoms with Crippen LogP contribution in [0.3, 0.4) is 0 Å².